The van der Waals surface area contributed by atoms with Crippen LogP contribution in [0.3, 0.4) is 0 Å². The van der Waals surface area contributed by atoms with Crippen molar-refractivity contribution in [1.82, 2.24) is 30.8 Å². The molecule has 52 heavy (non-hydrogen) atoms. The maximum atomic E-state index is 13.8. The fourth-order valence-electron chi connectivity index (χ4n) is 5.87. The highest BCUT2D eigenvalue weighted by atomic mass is 31.2. The summed E-state index contributed by atoms with van der Waals surface area (Å²) in [6, 6.07) is 8.64. The van der Waals surface area contributed by atoms with Crippen molar-refractivity contribution in [3.8, 4) is 0 Å². The zero-order valence-electron chi connectivity index (χ0n) is 30.1. The van der Waals surface area contributed by atoms with Crippen LogP contribution in [0.25, 0.3) is 0 Å². The molecule has 15 nitrogen and oxygen atoms in total. The van der Waals surface area contributed by atoms with E-state index >= 15 is 0 Å². The number of unbranched alkanes of at least 4 members (excludes halogenated alkanes) is 4. The van der Waals surface area contributed by atoms with E-state index in [1.54, 1.807) is 0 Å². The number of carbonyl (C=O) groups excluding carboxylic acids is 3. The normalized spacial score (nSPS) is 16.5. The van der Waals surface area contributed by atoms with E-state index < -0.39 is 52.5 Å². The molecule has 1 aliphatic heterocycles. The van der Waals surface area contributed by atoms with E-state index in [0.29, 0.717) is 26.1 Å². The Bertz CT molecular complexity index is 1410. The summed E-state index contributed by atoms with van der Waals surface area (Å²) in [6.07, 6.45) is 11.2. The lowest BCUT2D eigenvalue weighted by Gasteiger charge is -2.30. The number of amides is 3. The molecule has 1 saturated heterocycles. The fourth-order valence-corrected chi connectivity index (χ4v) is 6.87. The Labute approximate surface area is 308 Å². The first-order chi connectivity index (χ1) is 25.0. The number of aromatic nitrogens is 2. The van der Waals surface area contributed by atoms with Gasteiger partial charge in [0.2, 0.25) is 17.3 Å². The van der Waals surface area contributed by atoms with Crippen molar-refractivity contribution in [3.63, 3.8) is 0 Å². The van der Waals surface area contributed by atoms with Gasteiger partial charge in [-0.1, -0.05) is 63.4 Å². The Morgan fingerprint density at radius 3 is 2.25 bits per heavy atom. The van der Waals surface area contributed by atoms with Crippen LogP contribution in [0.2, 0.25) is 0 Å². The van der Waals surface area contributed by atoms with Gasteiger partial charge in [-0.2, -0.15) is 0 Å². The molecule has 3 amide bonds. The summed E-state index contributed by atoms with van der Waals surface area (Å²) in [5, 5.41) is 8.12. The molecule has 0 radical (unpaired) electrons. The van der Waals surface area contributed by atoms with E-state index in [1.807, 2.05) is 30.3 Å². The van der Waals surface area contributed by atoms with Crippen molar-refractivity contribution in [2.24, 2.45) is 5.92 Å². The van der Waals surface area contributed by atoms with E-state index in [2.05, 4.69) is 44.7 Å². The summed E-state index contributed by atoms with van der Waals surface area (Å²) < 4.78 is 34.7. The standard InChI is InChI=1S/C34H53BN6O9P2/c1-26(2)23-30(39-32(43)28(24-27-13-7-6-8-14-27)38-33(44)29-25-36-16-17-37-29)35-49-21-11-19-41(20-12-22-50-35)18-10-5-3-4-9-15-31(42)40-34(51-45)52(46,47)48/h6-8,13-14,16-17,25-26,28,30,34H,3-5,9-12,15,18-24H2,1-2H3,(H,38,44)(H,39,43)(H,40,42)(H2,46,47,48)/t28-,30-,34?/m1/s1. The number of nitrogens with zero attached hydrogens (tertiary/aromatic N) is 3. The highest BCUT2D eigenvalue weighted by molar-refractivity contribution is 7.61. The van der Waals surface area contributed by atoms with E-state index in [-0.39, 0.29) is 30.4 Å². The van der Waals surface area contributed by atoms with Crippen LogP contribution in [0, 0.1) is 5.92 Å². The second-order valence-corrected chi connectivity index (χ2v) is 16.2. The highest BCUT2D eigenvalue weighted by Crippen LogP contribution is 2.44. The Kier molecular flexibility index (Phi) is 19.6. The summed E-state index contributed by atoms with van der Waals surface area (Å²) in [4.78, 5) is 67.4. The van der Waals surface area contributed by atoms with Gasteiger partial charge in [0.25, 0.3) is 5.91 Å². The number of nitrogens with one attached hydrogen (secondary N) is 3. The molecule has 0 spiro atoms. The average molecular weight is 763 g/mol. The number of carbonyl (C=O) groups is 3. The van der Waals surface area contributed by atoms with Crippen molar-refractivity contribution < 1.29 is 42.6 Å². The Balaban J connectivity index is 1.46. The monoisotopic (exact) mass is 762 g/mol. The molecule has 2 aromatic rings. The second-order valence-electron chi connectivity index (χ2n) is 13.4. The number of rotatable bonds is 20. The van der Waals surface area contributed by atoms with Crippen molar-refractivity contribution in [3.05, 3.63) is 60.2 Å². The van der Waals surface area contributed by atoms with Gasteiger partial charge in [0.15, 0.2) is 8.46 Å². The lowest BCUT2D eigenvalue weighted by molar-refractivity contribution is -0.123. The summed E-state index contributed by atoms with van der Waals surface area (Å²) in [6.45, 7) is 7.71. The van der Waals surface area contributed by atoms with Crippen LogP contribution in [0.1, 0.15) is 87.7 Å². The van der Waals surface area contributed by atoms with Gasteiger partial charge in [-0.15, -0.1) is 0 Å². The number of benzene rings is 1. The molecular formula is C34H53BN6O9P2. The van der Waals surface area contributed by atoms with Crippen LogP contribution in [-0.2, 0) is 34.4 Å². The molecule has 0 aliphatic carbocycles. The molecule has 18 heteroatoms. The van der Waals surface area contributed by atoms with E-state index in [1.165, 1.54) is 18.6 Å². The van der Waals surface area contributed by atoms with Gasteiger partial charge in [0.1, 0.15) is 11.7 Å². The first-order valence-corrected chi connectivity index (χ1v) is 20.6. The van der Waals surface area contributed by atoms with Crippen molar-refractivity contribution in [1.29, 1.82) is 0 Å². The number of hydrogen-bond donors (Lipinski definition) is 5. The van der Waals surface area contributed by atoms with Gasteiger partial charge < -0.3 is 39.9 Å². The van der Waals surface area contributed by atoms with E-state index in [0.717, 1.165) is 63.7 Å². The van der Waals surface area contributed by atoms with E-state index in [4.69, 9.17) is 19.1 Å². The van der Waals surface area contributed by atoms with Crippen LogP contribution in [0.4, 0.5) is 0 Å². The van der Waals surface area contributed by atoms with Gasteiger partial charge in [-0.05, 0) is 50.1 Å². The van der Waals surface area contributed by atoms with Crippen LogP contribution in [0.5, 0.6) is 0 Å². The van der Waals surface area contributed by atoms with Gasteiger partial charge in [0, 0.05) is 51.5 Å². The van der Waals surface area contributed by atoms with Crippen LogP contribution < -0.4 is 16.0 Å². The fraction of sp³-hybridized carbons (Fsp3) is 0.618. The summed E-state index contributed by atoms with van der Waals surface area (Å²) in [5.41, 5.74) is -0.676. The second kappa shape index (κ2) is 23.5. The molecule has 1 aliphatic rings. The molecule has 2 heterocycles. The first-order valence-electron chi connectivity index (χ1n) is 18.0. The third kappa shape index (κ3) is 16.7. The third-order valence-electron chi connectivity index (χ3n) is 8.47. The summed E-state index contributed by atoms with van der Waals surface area (Å²) in [5.74, 6) is -1.54. The quantitative estimate of drug-likeness (QED) is 0.0743. The summed E-state index contributed by atoms with van der Waals surface area (Å²) in [7, 11) is -6.12. The average Bonchev–Trinajstić information content (AvgIpc) is 3.12. The molecule has 286 valence electrons. The molecule has 0 bridgehead atoms. The van der Waals surface area contributed by atoms with Crippen molar-refractivity contribution in [2.45, 2.75) is 95.6 Å². The van der Waals surface area contributed by atoms with Crippen LogP contribution >= 0.6 is 16.1 Å². The van der Waals surface area contributed by atoms with Gasteiger partial charge in [0.05, 0.1) is 12.1 Å². The first kappa shape index (κ1) is 43.3. The molecule has 1 aromatic carbocycles. The Hall–Kier alpha value is -3.10. The topological polar surface area (TPSA) is 209 Å². The molecule has 3 rings (SSSR count). The van der Waals surface area contributed by atoms with Crippen LogP contribution in [0.15, 0.2) is 48.9 Å². The molecule has 5 N–H and O–H groups in total. The third-order valence-corrected chi connectivity index (χ3v) is 10.8. The molecule has 3 atom stereocenters. The van der Waals surface area contributed by atoms with Crippen molar-refractivity contribution in [2.75, 3.05) is 32.8 Å². The largest absolute Gasteiger partial charge is 0.480 e. The van der Waals surface area contributed by atoms with Gasteiger partial charge in [-0.25, -0.2) is 4.98 Å². The SMILES string of the molecule is CC(C)C[C@@H](NC(=O)[C@@H](Cc1ccccc1)NC(=O)c1cnccn1)B1OCCCN(CCCCCCCC(=O)NC(P=O)P(=O)(O)O)CCCO1. The maximum absolute atomic E-state index is 13.8. The Morgan fingerprint density at radius 1 is 0.962 bits per heavy atom. The van der Waals surface area contributed by atoms with Crippen molar-refractivity contribution >= 4 is 40.9 Å². The number of hydrogen-bond acceptors (Lipinski definition) is 10. The molecular weight excluding hydrogens is 709 g/mol. The minimum absolute atomic E-state index is 0.121. The lowest BCUT2D eigenvalue weighted by Crippen LogP contribution is -2.56. The molecule has 1 unspecified atom stereocenters. The Morgan fingerprint density at radius 2 is 1.63 bits per heavy atom. The van der Waals surface area contributed by atoms with E-state index in [9.17, 15) is 23.5 Å². The minimum Gasteiger partial charge on any atom is -0.410 e. The molecule has 1 fully saturated rings. The predicted molar refractivity (Wildman–Crippen MR) is 197 cm³/mol. The predicted octanol–water partition coefficient (Wildman–Crippen LogP) is 3.71. The van der Waals surface area contributed by atoms with Gasteiger partial charge >= 0.3 is 14.7 Å². The minimum atomic E-state index is -4.66. The highest BCUT2D eigenvalue weighted by Gasteiger charge is 2.35. The molecule has 0 saturated carbocycles. The van der Waals surface area contributed by atoms with Gasteiger partial charge in [-0.3, -0.25) is 28.5 Å². The smallest absolute Gasteiger partial charge is 0.410 e. The lowest BCUT2D eigenvalue weighted by atomic mass is 9.73. The summed E-state index contributed by atoms with van der Waals surface area (Å²) >= 11 is 0. The zero-order chi connectivity index (χ0) is 37.8. The van der Waals surface area contributed by atoms with Crippen LogP contribution in [-0.4, -0.2) is 99.8 Å². The molecule has 1 aromatic heterocycles. The maximum Gasteiger partial charge on any atom is 0.480 e. The zero-order valence-corrected chi connectivity index (χ0v) is 31.9.